The molecule has 0 aliphatic heterocycles. The predicted molar refractivity (Wildman–Crippen MR) is 42.4 cm³/mol. The fourth-order valence-corrected chi connectivity index (χ4v) is 1.04. The maximum absolute atomic E-state index is 12.8. The highest BCUT2D eigenvalue weighted by Crippen LogP contribution is 2.33. The number of hydrogen-bond donors (Lipinski definition) is 1. The molecule has 14 heavy (non-hydrogen) atoms. The number of phenolic OH excluding ortho intramolecular Hbond substituents is 1. The first-order valence-corrected chi connectivity index (χ1v) is 4.02. The first-order valence-electron chi connectivity index (χ1n) is 3.23. The van der Waals surface area contributed by atoms with Gasteiger partial charge < -0.3 is 9.84 Å². The topological polar surface area (TPSA) is 29.5 Å². The van der Waals surface area contributed by atoms with Gasteiger partial charge in [0.1, 0.15) is 5.75 Å². The van der Waals surface area contributed by atoms with Gasteiger partial charge in [0.05, 0.1) is 4.47 Å². The first kappa shape index (κ1) is 11.1. The van der Waals surface area contributed by atoms with Crippen LogP contribution >= 0.6 is 15.9 Å². The zero-order chi connectivity index (χ0) is 10.9. The van der Waals surface area contributed by atoms with Gasteiger partial charge in [-0.2, -0.15) is 0 Å². The molecule has 1 rings (SSSR count). The second kappa shape index (κ2) is 3.64. The second-order valence-electron chi connectivity index (χ2n) is 2.28. The van der Waals surface area contributed by atoms with Crippen LogP contribution in [0.1, 0.15) is 0 Å². The zero-order valence-corrected chi connectivity index (χ0v) is 7.99. The van der Waals surface area contributed by atoms with E-state index in [0.717, 1.165) is 0 Å². The molecule has 2 nitrogen and oxygen atoms in total. The average Bonchev–Trinajstić information content (AvgIpc) is 1.97. The molecule has 1 aromatic rings. The fraction of sp³-hybridized carbons (Fsp3) is 0.143. The third-order valence-electron chi connectivity index (χ3n) is 1.23. The van der Waals surface area contributed by atoms with Gasteiger partial charge in [0.2, 0.25) is 0 Å². The van der Waals surface area contributed by atoms with Crippen molar-refractivity contribution in [1.82, 2.24) is 0 Å². The Balaban J connectivity index is 3.04. The standard InChI is InChI=1S/C7H3BrF4O2/c8-3-1-4(9)6(2-5(3)13)14-7(10,11)12/h1-2,13H. The van der Waals surface area contributed by atoms with Crippen LogP contribution in [0, 0.1) is 5.82 Å². The minimum Gasteiger partial charge on any atom is -0.507 e. The summed E-state index contributed by atoms with van der Waals surface area (Å²) in [6.45, 7) is 0. The van der Waals surface area contributed by atoms with E-state index >= 15 is 0 Å². The smallest absolute Gasteiger partial charge is 0.507 e. The van der Waals surface area contributed by atoms with Crippen molar-refractivity contribution in [3.05, 3.63) is 22.4 Å². The van der Waals surface area contributed by atoms with Gasteiger partial charge in [-0.1, -0.05) is 0 Å². The Morgan fingerprint density at radius 3 is 2.36 bits per heavy atom. The molecule has 0 saturated carbocycles. The summed E-state index contributed by atoms with van der Waals surface area (Å²) in [5, 5.41) is 8.96. The summed E-state index contributed by atoms with van der Waals surface area (Å²) in [4.78, 5) is 0. The van der Waals surface area contributed by atoms with Crippen molar-refractivity contribution in [2.24, 2.45) is 0 Å². The second-order valence-corrected chi connectivity index (χ2v) is 3.14. The van der Waals surface area contributed by atoms with E-state index in [-0.39, 0.29) is 4.47 Å². The Kier molecular flexibility index (Phi) is 2.89. The van der Waals surface area contributed by atoms with E-state index in [1.54, 1.807) is 0 Å². The van der Waals surface area contributed by atoms with Gasteiger partial charge in [-0.3, -0.25) is 0 Å². The summed E-state index contributed by atoms with van der Waals surface area (Å²) in [5.41, 5.74) is 0. The van der Waals surface area contributed by atoms with Crippen LogP contribution in [0.15, 0.2) is 16.6 Å². The van der Waals surface area contributed by atoms with Gasteiger partial charge in [0.25, 0.3) is 0 Å². The molecule has 1 aromatic carbocycles. The van der Waals surface area contributed by atoms with E-state index in [4.69, 9.17) is 5.11 Å². The number of aromatic hydroxyl groups is 1. The number of benzene rings is 1. The van der Waals surface area contributed by atoms with E-state index in [0.29, 0.717) is 12.1 Å². The van der Waals surface area contributed by atoms with Gasteiger partial charge in [-0.05, 0) is 22.0 Å². The lowest BCUT2D eigenvalue weighted by Crippen LogP contribution is -2.17. The summed E-state index contributed by atoms with van der Waals surface area (Å²) in [6, 6.07) is 1.21. The lowest BCUT2D eigenvalue weighted by atomic mass is 10.3. The Bertz CT molecular complexity index is 350. The molecule has 0 aliphatic carbocycles. The normalized spacial score (nSPS) is 11.5. The lowest BCUT2D eigenvalue weighted by molar-refractivity contribution is -0.275. The Labute approximate surface area is 84.2 Å². The quantitative estimate of drug-likeness (QED) is 0.797. The molecular formula is C7H3BrF4O2. The third-order valence-corrected chi connectivity index (χ3v) is 1.86. The maximum Gasteiger partial charge on any atom is 0.573 e. The van der Waals surface area contributed by atoms with E-state index in [2.05, 4.69) is 20.7 Å². The van der Waals surface area contributed by atoms with Crippen molar-refractivity contribution >= 4 is 15.9 Å². The Morgan fingerprint density at radius 2 is 1.86 bits per heavy atom. The molecule has 0 amide bonds. The molecule has 7 heteroatoms. The highest BCUT2D eigenvalue weighted by molar-refractivity contribution is 9.10. The van der Waals surface area contributed by atoms with Crippen molar-refractivity contribution in [2.45, 2.75) is 6.36 Å². The molecule has 0 unspecified atom stereocenters. The predicted octanol–water partition coefficient (Wildman–Crippen LogP) is 3.19. The van der Waals surface area contributed by atoms with Gasteiger partial charge in [-0.25, -0.2) is 4.39 Å². The number of alkyl halides is 3. The van der Waals surface area contributed by atoms with E-state index in [9.17, 15) is 17.6 Å². The minimum absolute atomic E-state index is 0.0514. The van der Waals surface area contributed by atoms with Crippen molar-refractivity contribution in [3.63, 3.8) is 0 Å². The van der Waals surface area contributed by atoms with Crippen LogP contribution in [0.25, 0.3) is 0 Å². The zero-order valence-electron chi connectivity index (χ0n) is 6.40. The van der Waals surface area contributed by atoms with Crippen molar-refractivity contribution in [1.29, 1.82) is 0 Å². The number of phenols is 1. The average molecular weight is 275 g/mol. The van der Waals surface area contributed by atoms with Crippen LogP contribution in [0.4, 0.5) is 17.6 Å². The number of rotatable bonds is 1. The number of ether oxygens (including phenoxy) is 1. The summed E-state index contributed by atoms with van der Waals surface area (Å²) < 4.78 is 51.1. The lowest BCUT2D eigenvalue weighted by Gasteiger charge is -2.10. The molecule has 0 spiro atoms. The van der Waals surface area contributed by atoms with Crippen LogP contribution in [0.3, 0.4) is 0 Å². The highest BCUT2D eigenvalue weighted by atomic mass is 79.9. The summed E-state index contributed by atoms with van der Waals surface area (Å²) >= 11 is 2.73. The number of halogens is 5. The molecule has 0 bridgehead atoms. The molecule has 1 N–H and O–H groups in total. The molecule has 0 saturated heterocycles. The van der Waals surface area contributed by atoms with Crippen LogP contribution < -0.4 is 4.74 Å². The molecule has 0 aliphatic rings. The van der Waals surface area contributed by atoms with E-state index in [1.807, 2.05) is 0 Å². The van der Waals surface area contributed by atoms with E-state index < -0.39 is 23.7 Å². The molecular weight excluding hydrogens is 272 g/mol. The van der Waals surface area contributed by atoms with Crippen LogP contribution in [-0.4, -0.2) is 11.5 Å². The molecule has 0 radical (unpaired) electrons. The molecule has 0 atom stereocenters. The highest BCUT2D eigenvalue weighted by Gasteiger charge is 2.32. The van der Waals surface area contributed by atoms with Gasteiger partial charge in [0, 0.05) is 6.07 Å². The minimum atomic E-state index is -4.99. The van der Waals surface area contributed by atoms with Gasteiger partial charge >= 0.3 is 6.36 Å². The fourth-order valence-electron chi connectivity index (χ4n) is 0.721. The monoisotopic (exact) mass is 274 g/mol. The SMILES string of the molecule is Oc1cc(OC(F)(F)F)c(F)cc1Br. The largest absolute Gasteiger partial charge is 0.573 e. The van der Waals surface area contributed by atoms with Crippen LogP contribution in [0.5, 0.6) is 11.5 Å². The molecule has 0 heterocycles. The van der Waals surface area contributed by atoms with Crippen LogP contribution in [0.2, 0.25) is 0 Å². The Hall–Kier alpha value is -0.980. The van der Waals surface area contributed by atoms with Crippen molar-refractivity contribution < 1.29 is 27.4 Å². The summed E-state index contributed by atoms with van der Waals surface area (Å²) in [7, 11) is 0. The van der Waals surface area contributed by atoms with Gasteiger partial charge in [0.15, 0.2) is 11.6 Å². The Morgan fingerprint density at radius 1 is 1.29 bits per heavy atom. The molecule has 78 valence electrons. The molecule has 0 aromatic heterocycles. The van der Waals surface area contributed by atoms with E-state index in [1.165, 1.54) is 0 Å². The van der Waals surface area contributed by atoms with Crippen LogP contribution in [-0.2, 0) is 0 Å². The maximum atomic E-state index is 12.8. The summed E-state index contributed by atoms with van der Waals surface area (Å²) in [6.07, 6.45) is -4.99. The molecule has 0 fully saturated rings. The first-order chi connectivity index (χ1) is 6.29. The number of hydrogen-bond acceptors (Lipinski definition) is 2. The summed E-state index contributed by atoms with van der Waals surface area (Å²) in [5.74, 6) is -2.82. The van der Waals surface area contributed by atoms with Gasteiger partial charge in [-0.15, -0.1) is 13.2 Å². The van der Waals surface area contributed by atoms with Crippen molar-refractivity contribution in [3.8, 4) is 11.5 Å². The van der Waals surface area contributed by atoms with Crippen molar-refractivity contribution in [2.75, 3.05) is 0 Å². The third kappa shape index (κ3) is 2.76.